The first kappa shape index (κ1) is 17.4. The SMILES string of the molecule is Cc1ccncc1C1=CC=C2C3CC=C4CC(O)CC[C@]4(C)C3CC[C@]12C. The second-order valence-corrected chi connectivity index (χ2v) is 9.76. The Kier molecular flexibility index (Phi) is 3.82. The Morgan fingerprint density at radius 3 is 2.81 bits per heavy atom. The minimum atomic E-state index is -0.123. The molecular formula is C25H31NO. The molecule has 0 aliphatic heterocycles. The van der Waals surface area contributed by atoms with Crippen molar-refractivity contribution < 1.29 is 5.11 Å². The van der Waals surface area contributed by atoms with E-state index in [4.69, 9.17) is 0 Å². The molecule has 1 heterocycles. The summed E-state index contributed by atoms with van der Waals surface area (Å²) in [6, 6.07) is 2.13. The molecule has 0 bridgehead atoms. The highest BCUT2D eigenvalue weighted by molar-refractivity contribution is 5.79. The van der Waals surface area contributed by atoms with Crippen molar-refractivity contribution >= 4 is 5.57 Å². The number of aryl methyl sites for hydroxylation is 1. The molecule has 3 unspecified atom stereocenters. The van der Waals surface area contributed by atoms with Gasteiger partial charge in [-0.05, 0) is 85.5 Å². The molecule has 142 valence electrons. The predicted octanol–water partition coefficient (Wildman–Crippen LogP) is 5.63. The van der Waals surface area contributed by atoms with Crippen LogP contribution in [0.1, 0.15) is 63.5 Å². The van der Waals surface area contributed by atoms with Crippen molar-refractivity contribution in [3.8, 4) is 0 Å². The second-order valence-electron chi connectivity index (χ2n) is 9.76. The summed E-state index contributed by atoms with van der Waals surface area (Å²) >= 11 is 0. The molecule has 2 saturated carbocycles. The number of nitrogens with zero attached hydrogens (tertiary/aromatic N) is 1. The number of pyridine rings is 1. The first-order valence-corrected chi connectivity index (χ1v) is 10.6. The van der Waals surface area contributed by atoms with Crippen molar-refractivity contribution in [1.29, 1.82) is 0 Å². The van der Waals surface area contributed by atoms with Gasteiger partial charge in [-0.3, -0.25) is 4.98 Å². The molecule has 5 rings (SSSR count). The van der Waals surface area contributed by atoms with E-state index in [1.807, 2.05) is 6.20 Å². The van der Waals surface area contributed by atoms with E-state index in [1.165, 1.54) is 29.5 Å². The molecule has 2 heteroatoms. The summed E-state index contributed by atoms with van der Waals surface area (Å²) < 4.78 is 0. The average molecular weight is 362 g/mol. The van der Waals surface area contributed by atoms with Gasteiger partial charge in [0.25, 0.3) is 0 Å². The minimum Gasteiger partial charge on any atom is -0.393 e. The van der Waals surface area contributed by atoms with Crippen molar-refractivity contribution in [1.82, 2.24) is 4.98 Å². The molecule has 5 atom stereocenters. The number of rotatable bonds is 1. The third-order valence-corrected chi connectivity index (χ3v) is 8.45. The van der Waals surface area contributed by atoms with Crippen LogP contribution in [0.15, 0.2) is 47.8 Å². The van der Waals surface area contributed by atoms with E-state index < -0.39 is 0 Å². The molecule has 0 radical (unpaired) electrons. The van der Waals surface area contributed by atoms with Gasteiger partial charge in [-0.2, -0.15) is 0 Å². The number of hydrogen-bond acceptors (Lipinski definition) is 2. The maximum absolute atomic E-state index is 10.2. The summed E-state index contributed by atoms with van der Waals surface area (Å²) in [6.45, 7) is 7.15. The lowest BCUT2D eigenvalue weighted by Gasteiger charge is -2.56. The van der Waals surface area contributed by atoms with Gasteiger partial charge in [0, 0.05) is 17.8 Å². The fourth-order valence-electron chi connectivity index (χ4n) is 6.78. The van der Waals surface area contributed by atoms with Crippen LogP contribution in [0, 0.1) is 29.6 Å². The van der Waals surface area contributed by atoms with E-state index in [0.717, 1.165) is 31.6 Å². The molecule has 0 amide bonds. The van der Waals surface area contributed by atoms with Crippen molar-refractivity contribution in [2.75, 3.05) is 0 Å². The zero-order valence-corrected chi connectivity index (χ0v) is 16.8. The summed E-state index contributed by atoms with van der Waals surface area (Å²) in [4.78, 5) is 4.42. The molecule has 2 fully saturated rings. The summed E-state index contributed by atoms with van der Waals surface area (Å²) in [5.41, 5.74) is 7.76. The number of hydrogen-bond donors (Lipinski definition) is 1. The lowest BCUT2D eigenvalue weighted by molar-refractivity contribution is 0.0369. The third kappa shape index (κ3) is 2.38. The fraction of sp³-hybridized carbons (Fsp3) is 0.560. The van der Waals surface area contributed by atoms with Crippen LogP contribution in [0.4, 0.5) is 0 Å². The molecule has 4 aliphatic rings. The minimum absolute atomic E-state index is 0.123. The van der Waals surface area contributed by atoms with E-state index >= 15 is 0 Å². The maximum atomic E-state index is 10.2. The van der Waals surface area contributed by atoms with Crippen LogP contribution in [-0.4, -0.2) is 16.2 Å². The number of aliphatic hydroxyl groups is 1. The van der Waals surface area contributed by atoms with Crippen LogP contribution in [0.3, 0.4) is 0 Å². The Morgan fingerprint density at radius 1 is 1.15 bits per heavy atom. The van der Waals surface area contributed by atoms with Gasteiger partial charge in [0.15, 0.2) is 0 Å². The van der Waals surface area contributed by atoms with E-state index in [2.05, 4.69) is 56.2 Å². The smallest absolute Gasteiger partial charge is 0.0577 e. The van der Waals surface area contributed by atoms with Crippen LogP contribution in [0.5, 0.6) is 0 Å². The Morgan fingerprint density at radius 2 is 2.00 bits per heavy atom. The molecule has 1 N–H and O–H groups in total. The Hall–Kier alpha value is -1.67. The van der Waals surface area contributed by atoms with Gasteiger partial charge in [-0.1, -0.05) is 43.2 Å². The number of aromatic nitrogens is 1. The number of aliphatic hydroxyl groups excluding tert-OH is 1. The van der Waals surface area contributed by atoms with Crippen LogP contribution in [0.2, 0.25) is 0 Å². The van der Waals surface area contributed by atoms with Gasteiger partial charge in [-0.15, -0.1) is 0 Å². The zero-order chi connectivity index (χ0) is 18.8. The van der Waals surface area contributed by atoms with Crippen molar-refractivity contribution in [3.63, 3.8) is 0 Å². The van der Waals surface area contributed by atoms with Crippen LogP contribution >= 0.6 is 0 Å². The summed E-state index contributed by atoms with van der Waals surface area (Å²) in [6.07, 6.45) is 17.8. The molecule has 2 nitrogen and oxygen atoms in total. The summed E-state index contributed by atoms with van der Waals surface area (Å²) in [7, 11) is 0. The van der Waals surface area contributed by atoms with E-state index in [1.54, 1.807) is 11.1 Å². The summed E-state index contributed by atoms with van der Waals surface area (Å²) in [5.74, 6) is 1.38. The number of allylic oxidation sites excluding steroid dienone is 5. The summed E-state index contributed by atoms with van der Waals surface area (Å²) in [5, 5.41) is 10.2. The second kappa shape index (κ2) is 5.91. The molecule has 0 aromatic carbocycles. The largest absolute Gasteiger partial charge is 0.393 e. The van der Waals surface area contributed by atoms with Crippen LogP contribution < -0.4 is 0 Å². The van der Waals surface area contributed by atoms with Gasteiger partial charge >= 0.3 is 0 Å². The monoisotopic (exact) mass is 361 g/mol. The molecule has 4 aliphatic carbocycles. The highest BCUT2D eigenvalue weighted by Crippen LogP contribution is 2.64. The Labute approximate surface area is 163 Å². The lowest BCUT2D eigenvalue weighted by atomic mass is 9.49. The van der Waals surface area contributed by atoms with E-state index in [9.17, 15) is 5.11 Å². The maximum Gasteiger partial charge on any atom is 0.0577 e. The van der Waals surface area contributed by atoms with Crippen LogP contribution in [0.25, 0.3) is 5.57 Å². The lowest BCUT2D eigenvalue weighted by Crippen LogP contribution is -2.47. The van der Waals surface area contributed by atoms with Gasteiger partial charge < -0.3 is 5.11 Å². The first-order chi connectivity index (χ1) is 12.9. The molecule has 1 aromatic rings. The van der Waals surface area contributed by atoms with Gasteiger partial charge in [0.05, 0.1) is 6.10 Å². The van der Waals surface area contributed by atoms with Crippen molar-refractivity contribution in [2.45, 2.75) is 65.4 Å². The molecule has 0 spiro atoms. The molecular weight excluding hydrogens is 330 g/mol. The predicted molar refractivity (Wildman–Crippen MR) is 110 cm³/mol. The van der Waals surface area contributed by atoms with E-state index in [-0.39, 0.29) is 16.9 Å². The van der Waals surface area contributed by atoms with Gasteiger partial charge in [0.2, 0.25) is 0 Å². The number of fused-ring (bicyclic) bond motifs is 5. The standard InChI is InChI=1S/C25H31NO/c1-16-10-13-26-15-20(16)22-7-6-21-19-5-4-17-14-18(27)8-11-24(17,2)23(19)9-12-25(21,22)3/h4,6-7,10,13,15,18-19,23,27H,5,8-9,11-12,14H2,1-3H3/t18?,19?,23?,24-,25-/m0/s1. The highest BCUT2D eigenvalue weighted by Gasteiger charge is 2.54. The quantitative estimate of drug-likeness (QED) is 0.658. The van der Waals surface area contributed by atoms with Gasteiger partial charge in [-0.25, -0.2) is 0 Å². The Bertz CT molecular complexity index is 878. The highest BCUT2D eigenvalue weighted by atomic mass is 16.3. The molecule has 1 aromatic heterocycles. The van der Waals surface area contributed by atoms with Crippen molar-refractivity contribution in [3.05, 3.63) is 59.0 Å². The molecule has 27 heavy (non-hydrogen) atoms. The third-order valence-electron chi connectivity index (χ3n) is 8.45. The van der Waals surface area contributed by atoms with E-state index in [0.29, 0.717) is 5.92 Å². The fourth-order valence-corrected chi connectivity index (χ4v) is 6.78. The zero-order valence-electron chi connectivity index (χ0n) is 16.8. The van der Waals surface area contributed by atoms with Gasteiger partial charge in [0.1, 0.15) is 0 Å². The topological polar surface area (TPSA) is 33.1 Å². The van der Waals surface area contributed by atoms with Crippen LogP contribution in [-0.2, 0) is 0 Å². The normalized spacial score (nSPS) is 40.3. The molecule has 0 saturated heterocycles. The average Bonchev–Trinajstić information content (AvgIpc) is 3.00. The van der Waals surface area contributed by atoms with Crippen molar-refractivity contribution in [2.24, 2.45) is 22.7 Å². The first-order valence-electron chi connectivity index (χ1n) is 10.6. The Balaban J connectivity index is 1.50.